The third kappa shape index (κ3) is 4.36. The first-order valence-corrected chi connectivity index (χ1v) is 10.3. The lowest BCUT2D eigenvalue weighted by Gasteiger charge is -2.36. The van der Waals surface area contributed by atoms with Crippen LogP contribution in [0, 0.1) is 0 Å². The van der Waals surface area contributed by atoms with Gasteiger partial charge in [-0.1, -0.05) is 72.3 Å². The lowest BCUT2D eigenvalue weighted by molar-refractivity contribution is -0.138. The number of imide groups is 1. The molecule has 0 aliphatic carbocycles. The summed E-state index contributed by atoms with van der Waals surface area (Å²) in [4.78, 5) is 31.1. The Labute approximate surface area is 176 Å². The fraction of sp³-hybridized carbons (Fsp3) is 0.304. The van der Waals surface area contributed by atoms with Crippen LogP contribution in [0.4, 0.5) is 0 Å². The van der Waals surface area contributed by atoms with E-state index in [0.717, 1.165) is 25.2 Å². The first-order chi connectivity index (χ1) is 14.1. The molecule has 0 spiro atoms. The number of nitrogens with zero attached hydrogens (tertiary/aromatic N) is 3. The molecule has 0 saturated carbocycles. The Morgan fingerprint density at radius 2 is 1.34 bits per heavy atom. The van der Waals surface area contributed by atoms with Gasteiger partial charge in [-0.15, -0.1) is 0 Å². The smallest absolute Gasteiger partial charge is 0.278 e. The molecule has 2 heterocycles. The lowest BCUT2D eigenvalue weighted by Crippen LogP contribution is -2.47. The highest BCUT2D eigenvalue weighted by Crippen LogP contribution is 2.28. The Bertz CT molecular complexity index is 906. The Balaban J connectivity index is 1.36. The van der Waals surface area contributed by atoms with Crippen molar-refractivity contribution in [1.82, 2.24) is 14.7 Å². The predicted molar refractivity (Wildman–Crippen MR) is 113 cm³/mol. The summed E-state index contributed by atoms with van der Waals surface area (Å²) >= 11 is 6.31. The van der Waals surface area contributed by atoms with Crippen LogP contribution < -0.4 is 0 Å². The number of amides is 2. The molecule has 0 radical (unpaired) electrons. The van der Waals surface area contributed by atoms with Crippen LogP contribution in [0.1, 0.15) is 11.1 Å². The van der Waals surface area contributed by atoms with Gasteiger partial charge in [0.1, 0.15) is 10.7 Å². The molecule has 2 aromatic carbocycles. The first kappa shape index (κ1) is 19.7. The molecule has 2 aliphatic rings. The molecule has 150 valence electrons. The normalized spacial score (nSPS) is 18.1. The van der Waals surface area contributed by atoms with Crippen molar-refractivity contribution in [3.05, 3.63) is 82.5 Å². The summed E-state index contributed by atoms with van der Waals surface area (Å²) in [7, 11) is 0. The number of hydrogen-bond acceptors (Lipinski definition) is 4. The second kappa shape index (κ2) is 8.80. The molecule has 0 aromatic heterocycles. The van der Waals surface area contributed by atoms with Crippen LogP contribution in [0.3, 0.4) is 0 Å². The van der Waals surface area contributed by atoms with Crippen molar-refractivity contribution >= 4 is 23.4 Å². The van der Waals surface area contributed by atoms with Crippen molar-refractivity contribution < 1.29 is 9.59 Å². The molecule has 0 bridgehead atoms. The van der Waals surface area contributed by atoms with Crippen molar-refractivity contribution in [2.45, 2.75) is 13.0 Å². The zero-order valence-corrected chi connectivity index (χ0v) is 17.0. The van der Waals surface area contributed by atoms with Crippen molar-refractivity contribution in [3.8, 4) is 0 Å². The van der Waals surface area contributed by atoms with E-state index in [2.05, 4.69) is 17.0 Å². The van der Waals surface area contributed by atoms with E-state index < -0.39 is 0 Å². The van der Waals surface area contributed by atoms with E-state index in [4.69, 9.17) is 11.6 Å². The zero-order chi connectivity index (χ0) is 20.2. The number of halogens is 1. The van der Waals surface area contributed by atoms with Gasteiger partial charge in [0.25, 0.3) is 11.8 Å². The van der Waals surface area contributed by atoms with Crippen LogP contribution in [0.5, 0.6) is 0 Å². The summed E-state index contributed by atoms with van der Waals surface area (Å²) in [6, 6.07) is 20.2. The fourth-order valence-corrected chi connectivity index (χ4v) is 4.17. The summed E-state index contributed by atoms with van der Waals surface area (Å²) in [5.41, 5.74) is 2.73. The molecule has 1 saturated heterocycles. The Morgan fingerprint density at radius 1 is 0.759 bits per heavy atom. The van der Waals surface area contributed by atoms with Gasteiger partial charge < -0.3 is 4.90 Å². The molecule has 2 aliphatic heterocycles. The molecular formula is C23H24ClN3O2. The van der Waals surface area contributed by atoms with Gasteiger partial charge in [0.2, 0.25) is 0 Å². The lowest BCUT2D eigenvalue weighted by atomic mass is 10.1. The summed E-state index contributed by atoms with van der Waals surface area (Å²) in [6.07, 6.45) is 0.626. The van der Waals surface area contributed by atoms with Crippen molar-refractivity contribution in [2.24, 2.45) is 0 Å². The molecule has 1 fully saturated rings. The average molecular weight is 410 g/mol. The quantitative estimate of drug-likeness (QED) is 0.688. The van der Waals surface area contributed by atoms with E-state index in [0.29, 0.717) is 31.8 Å². The van der Waals surface area contributed by atoms with Crippen molar-refractivity contribution in [1.29, 1.82) is 0 Å². The second-order valence-electron chi connectivity index (χ2n) is 7.41. The van der Waals surface area contributed by atoms with E-state index in [1.54, 1.807) is 0 Å². The molecule has 6 heteroatoms. The molecule has 2 aromatic rings. The number of hydrogen-bond donors (Lipinski definition) is 0. The van der Waals surface area contributed by atoms with Crippen LogP contribution in [0.15, 0.2) is 71.4 Å². The predicted octanol–water partition coefficient (Wildman–Crippen LogP) is 2.87. The maximum absolute atomic E-state index is 12.9. The van der Waals surface area contributed by atoms with Gasteiger partial charge in [0.05, 0.1) is 0 Å². The van der Waals surface area contributed by atoms with Crippen LogP contribution in [-0.4, -0.2) is 59.2 Å². The Hall–Kier alpha value is -2.63. The van der Waals surface area contributed by atoms with Crippen LogP contribution >= 0.6 is 11.6 Å². The van der Waals surface area contributed by atoms with E-state index in [9.17, 15) is 9.59 Å². The van der Waals surface area contributed by atoms with Gasteiger partial charge >= 0.3 is 0 Å². The summed E-state index contributed by atoms with van der Waals surface area (Å²) in [6.45, 7) is 4.25. The van der Waals surface area contributed by atoms with Crippen molar-refractivity contribution in [3.63, 3.8) is 0 Å². The minimum atomic E-state index is -0.380. The van der Waals surface area contributed by atoms with Gasteiger partial charge in [-0.05, 0) is 17.5 Å². The maximum atomic E-state index is 12.9. The van der Waals surface area contributed by atoms with Gasteiger partial charge in [0.15, 0.2) is 0 Å². The number of carbonyl (C=O) groups is 2. The molecule has 2 amide bonds. The number of rotatable bonds is 6. The maximum Gasteiger partial charge on any atom is 0.278 e. The monoisotopic (exact) mass is 409 g/mol. The largest absolute Gasteiger partial charge is 0.363 e. The average Bonchev–Trinajstić information content (AvgIpc) is 2.97. The second-order valence-corrected chi connectivity index (χ2v) is 7.79. The Morgan fingerprint density at radius 3 is 1.97 bits per heavy atom. The summed E-state index contributed by atoms with van der Waals surface area (Å²) < 4.78 is 0. The van der Waals surface area contributed by atoms with Crippen molar-refractivity contribution in [2.75, 3.05) is 32.7 Å². The van der Waals surface area contributed by atoms with E-state index in [1.165, 1.54) is 10.5 Å². The summed E-state index contributed by atoms with van der Waals surface area (Å²) in [5.74, 6) is -0.651. The molecule has 5 nitrogen and oxygen atoms in total. The number of benzene rings is 2. The topological polar surface area (TPSA) is 43.9 Å². The third-order valence-electron chi connectivity index (χ3n) is 5.49. The first-order valence-electron chi connectivity index (χ1n) is 9.94. The molecule has 0 atom stereocenters. The highest BCUT2D eigenvalue weighted by atomic mass is 35.5. The van der Waals surface area contributed by atoms with E-state index >= 15 is 0 Å². The molecule has 29 heavy (non-hydrogen) atoms. The van der Waals surface area contributed by atoms with Crippen LogP contribution in [0.2, 0.25) is 0 Å². The minimum absolute atomic E-state index is 0.0552. The van der Waals surface area contributed by atoms with E-state index in [-0.39, 0.29) is 16.8 Å². The van der Waals surface area contributed by atoms with Crippen LogP contribution in [-0.2, 0) is 22.6 Å². The highest BCUT2D eigenvalue weighted by Gasteiger charge is 2.40. The summed E-state index contributed by atoms with van der Waals surface area (Å²) in [5, 5.41) is 0.0552. The van der Waals surface area contributed by atoms with Gasteiger partial charge in [-0.2, -0.15) is 0 Å². The Kier molecular flexibility index (Phi) is 5.97. The molecule has 0 N–H and O–H groups in total. The van der Waals surface area contributed by atoms with E-state index in [1.807, 2.05) is 53.4 Å². The number of piperazine rings is 1. The molecular weight excluding hydrogens is 386 g/mol. The minimum Gasteiger partial charge on any atom is -0.363 e. The SMILES string of the molecule is O=C1C(Cl)=C(N2CCN(Cc3ccccc3)CC2)C(=O)N1CCc1ccccc1. The fourth-order valence-electron chi connectivity index (χ4n) is 3.87. The highest BCUT2D eigenvalue weighted by molar-refractivity contribution is 6.47. The van der Waals surface area contributed by atoms with Gasteiger partial charge in [-0.25, -0.2) is 0 Å². The number of carbonyl (C=O) groups excluding carboxylic acids is 2. The van der Waals surface area contributed by atoms with Gasteiger partial charge in [-0.3, -0.25) is 19.4 Å². The zero-order valence-electron chi connectivity index (χ0n) is 16.3. The van der Waals surface area contributed by atoms with Gasteiger partial charge in [0, 0.05) is 39.3 Å². The molecule has 0 unspecified atom stereocenters. The standard InChI is InChI=1S/C23H24ClN3O2/c24-20-21(23(29)27(22(20)28)12-11-18-7-3-1-4-8-18)26-15-13-25(14-16-26)17-19-9-5-2-6-10-19/h1-10H,11-17H2. The molecule has 4 rings (SSSR count). The van der Waals surface area contributed by atoms with Crippen LogP contribution in [0.25, 0.3) is 0 Å². The third-order valence-corrected chi connectivity index (χ3v) is 5.83.